The number of aromatic nitrogens is 2. The van der Waals surface area contributed by atoms with E-state index in [4.69, 9.17) is 18.9 Å². The van der Waals surface area contributed by atoms with Gasteiger partial charge in [-0.1, -0.05) is 15.9 Å². The van der Waals surface area contributed by atoms with Gasteiger partial charge < -0.3 is 24.3 Å². The summed E-state index contributed by atoms with van der Waals surface area (Å²) in [7, 11) is 4.50. The minimum Gasteiger partial charge on any atom is -0.493 e. The van der Waals surface area contributed by atoms with Crippen molar-refractivity contribution in [1.82, 2.24) is 9.78 Å². The Morgan fingerprint density at radius 3 is 2.33 bits per heavy atom. The second-order valence-electron chi connectivity index (χ2n) is 7.90. The van der Waals surface area contributed by atoms with Crippen molar-refractivity contribution in [2.75, 3.05) is 33.3 Å². The largest absolute Gasteiger partial charge is 0.493 e. The summed E-state index contributed by atoms with van der Waals surface area (Å²) in [6, 6.07) is 10.3. The van der Waals surface area contributed by atoms with Gasteiger partial charge in [0.1, 0.15) is 5.00 Å². The SMILES string of the molecule is CCOC(=O)c1nn(-c2ccc(Br)cc2)c(=O)c2c(NC(=O)/C=C/c3cc(OC)c(OC)c(OC)c3)scc12. The summed E-state index contributed by atoms with van der Waals surface area (Å²) in [5.41, 5.74) is 0.549. The Kier molecular flexibility index (Phi) is 8.67. The molecule has 10 nitrogen and oxygen atoms in total. The normalized spacial score (nSPS) is 11.0. The number of rotatable bonds is 9. The number of fused-ring (bicyclic) bond motifs is 1. The zero-order valence-electron chi connectivity index (χ0n) is 21.4. The van der Waals surface area contributed by atoms with Gasteiger partial charge in [0.05, 0.1) is 39.0 Å². The summed E-state index contributed by atoms with van der Waals surface area (Å²) >= 11 is 4.48. The van der Waals surface area contributed by atoms with Crippen LogP contribution in [0.2, 0.25) is 0 Å². The van der Waals surface area contributed by atoms with Crippen molar-refractivity contribution in [2.45, 2.75) is 6.92 Å². The van der Waals surface area contributed by atoms with E-state index in [1.165, 1.54) is 27.4 Å². The van der Waals surface area contributed by atoms with Gasteiger partial charge in [-0.25, -0.2) is 4.79 Å². The number of esters is 1. The van der Waals surface area contributed by atoms with Gasteiger partial charge in [0.25, 0.3) is 5.56 Å². The van der Waals surface area contributed by atoms with Crippen molar-refractivity contribution in [2.24, 2.45) is 0 Å². The first-order valence-corrected chi connectivity index (χ1v) is 13.2. The van der Waals surface area contributed by atoms with Crippen LogP contribution >= 0.6 is 27.3 Å². The second-order valence-corrected chi connectivity index (χ2v) is 9.69. The summed E-state index contributed by atoms with van der Waals surface area (Å²) in [6.45, 7) is 1.82. The fourth-order valence-electron chi connectivity index (χ4n) is 3.77. The summed E-state index contributed by atoms with van der Waals surface area (Å²) in [6.07, 6.45) is 2.88. The number of hydrogen-bond donors (Lipinski definition) is 1. The molecule has 0 aliphatic carbocycles. The number of amides is 1. The third-order valence-electron chi connectivity index (χ3n) is 5.54. The van der Waals surface area contributed by atoms with Crippen molar-refractivity contribution >= 4 is 61.0 Å². The minimum absolute atomic E-state index is 0.0286. The average Bonchev–Trinajstić information content (AvgIpc) is 3.36. The number of carbonyl (C=O) groups is 2. The lowest BCUT2D eigenvalue weighted by Crippen LogP contribution is -2.25. The zero-order valence-corrected chi connectivity index (χ0v) is 23.8. The predicted octanol–water partition coefficient (Wildman–Crippen LogP) is 5.06. The Bertz CT molecular complexity index is 1600. The topological polar surface area (TPSA) is 118 Å². The third-order valence-corrected chi connectivity index (χ3v) is 6.97. The molecule has 2 heterocycles. The number of nitrogens with one attached hydrogen (secondary N) is 1. The Balaban J connectivity index is 1.73. The van der Waals surface area contributed by atoms with Crippen LogP contribution in [0.4, 0.5) is 5.00 Å². The van der Waals surface area contributed by atoms with E-state index >= 15 is 0 Å². The van der Waals surface area contributed by atoms with E-state index in [2.05, 4.69) is 26.3 Å². The van der Waals surface area contributed by atoms with E-state index in [1.807, 2.05) is 0 Å². The summed E-state index contributed by atoms with van der Waals surface area (Å²) < 4.78 is 23.1. The molecule has 0 aliphatic rings. The van der Waals surface area contributed by atoms with Gasteiger partial charge in [-0.15, -0.1) is 11.3 Å². The van der Waals surface area contributed by atoms with Crippen molar-refractivity contribution < 1.29 is 28.5 Å². The molecule has 0 atom stereocenters. The highest BCUT2D eigenvalue weighted by atomic mass is 79.9. The second kappa shape index (κ2) is 12.1. The molecule has 2 aromatic carbocycles. The first kappa shape index (κ1) is 27.9. The molecule has 12 heteroatoms. The Hall–Kier alpha value is -4.16. The number of carbonyl (C=O) groups excluding carboxylic acids is 2. The van der Waals surface area contributed by atoms with Crippen LogP contribution in [0.15, 0.2) is 57.1 Å². The van der Waals surface area contributed by atoms with Gasteiger partial charge in [-0.2, -0.15) is 9.78 Å². The smallest absolute Gasteiger partial charge is 0.359 e. The monoisotopic (exact) mass is 613 g/mol. The first-order chi connectivity index (χ1) is 18.8. The van der Waals surface area contributed by atoms with E-state index in [0.29, 0.717) is 33.9 Å². The van der Waals surface area contributed by atoms with Crippen LogP contribution in [0.25, 0.3) is 22.5 Å². The maximum atomic E-state index is 13.5. The van der Waals surface area contributed by atoms with Crippen LogP contribution in [0.1, 0.15) is 23.0 Å². The third kappa shape index (κ3) is 5.81. The van der Waals surface area contributed by atoms with Gasteiger partial charge in [0.2, 0.25) is 11.7 Å². The van der Waals surface area contributed by atoms with Gasteiger partial charge in [-0.3, -0.25) is 9.59 Å². The molecule has 0 fully saturated rings. The Labute approximate surface area is 235 Å². The molecule has 39 heavy (non-hydrogen) atoms. The van der Waals surface area contributed by atoms with Crippen LogP contribution in [0.5, 0.6) is 17.2 Å². The number of anilines is 1. The molecule has 1 amide bonds. The Morgan fingerprint density at radius 1 is 1.08 bits per heavy atom. The molecule has 4 rings (SSSR count). The molecule has 1 N–H and O–H groups in total. The standard InChI is InChI=1S/C27H24BrN3O7S/c1-5-38-27(34)23-18-14-39-25(22(18)26(33)31(30-23)17-9-7-16(28)8-10-17)29-21(32)11-6-15-12-19(35-2)24(37-4)20(13-15)36-3/h6-14H,5H2,1-4H3,(H,29,32)/b11-6+. The highest BCUT2D eigenvalue weighted by Gasteiger charge is 2.23. The number of halogens is 1. The lowest BCUT2D eigenvalue weighted by molar-refractivity contribution is -0.111. The lowest BCUT2D eigenvalue weighted by Gasteiger charge is -2.12. The van der Waals surface area contributed by atoms with Crippen molar-refractivity contribution in [3.63, 3.8) is 0 Å². The van der Waals surface area contributed by atoms with Crippen molar-refractivity contribution in [3.8, 4) is 22.9 Å². The number of benzene rings is 2. The predicted molar refractivity (Wildman–Crippen MR) is 153 cm³/mol. The molecule has 0 unspecified atom stereocenters. The molecule has 0 spiro atoms. The van der Waals surface area contributed by atoms with Gasteiger partial charge >= 0.3 is 5.97 Å². The first-order valence-electron chi connectivity index (χ1n) is 11.6. The van der Waals surface area contributed by atoms with Gasteiger partial charge in [0.15, 0.2) is 17.2 Å². The molecule has 0 radical (unpaired) electrons. The highest BCUT2D eigenvalue weighted by molar-refractivity contribution is 9.10. The highest BCUT2D eigenvalue weighted by Crippen LogP contribution is 2.38. The summed E-state index contributed by atoms with van der Waals surface area (Å²) in [5, 5.41) is 9.35. The number of nitrogens with zero attached hydrogens (tertiary/aromatic N) is 2. The van der Waals surface area contributed by atoms with E-state index in [0.717, 1.165) is 20.5 Å². The van der Waals surface area contributed by atoms with E-state index in [1.54, 1.807) is 54.8 Å². The van der Waals surface area contributed by atoms with Crippen LogP contribution in [-0.2, 0) is 9.53 Å². The fourth-order valence-corrected chi connectivity index (χ4v) is 4.98. The van der Waals surface area contributed by atoms with E-state index in [9.17, 15) is 14.4 Å². The van der Waals surface area contributed by atoms with E-state index in [-0.39, 0.29) is 22.7 Å². The average molecular weight is 614 g/mol. The molecule has 4 aromatic rings. The zero-order chi connectivity index (χ0) is 28.1. The summed E-state index contributed by atoms with van der Waals surface area (Å²) in [4.78, 5) is 39.1. The van der Waals surface area contributed by atoms with Crippen LogP contribution in [0, 0.1) is 0 Å². The molecule has 2 aromatic heterocycles. The number of ether oxygens (including phenoxy) is 4. The van der Waals surface area contributed by atoms with Crippen LogP contribution in [-0.4, -0.2) is 49.6 Å². The summed E-state index contributed by atoms with van der Waals surface area (Å²) in [5.74, 6) is 0.143. The Morgan fingerprint density at radius 2 is 1.74 bits per heavy atom. The number of hydrogen-bond acceptors (Lipinski definition) is 9. The maximum Gasteiger partial charge on any atom is 0.359 e. The van der Waals surface area contributed by atoms with E-state index < -0.39 is 17.4 Å². The minimum atomic E-state index is -0.675. The molecular weight excluding hydrogens is 590 g/mol. The molecule has 0 saturated heterocycles. The van der Waals surface area contributed by atoms with Crippen LogP contribution in [0.3, 0.4) is 0 Å². The van der Waals surface area contributed by atoms with Crippen molar-refractivity contribution in [3.05, 3.63) is 73.9 Å². The van der Waals surface area contributed by atoms with Gasteiger partial charge in [0, 0.05) is 21.3 Å². The maximum absolute atomic E-state index is 13.5. The molecule has 0 aliphatic heterocycles. The lowest BCUT2D eigenvalue weighted by atomic mass is 10.1. The molecule has 0 saturated carbocycles. The van der Waals surface area contributed by atoms with Gasteiger partial charge in [-0.05, 0) is 55.0 Å². The van der Waals surface area contributed by atoms with Crippen molar-refractivity contribution in [1.29, 1.82) is 0 Å². The number of thiophene rings is 1. The fraction of sp³-hybridized carbons (Fsp3) is 0.185. The quantitative estimate of drug-likeness (QED) is 0.205. The van der Waals surface area contributed by atoms with Crippen LogP contribution < -0.4 is 25.1 Å². The molecular formula is C27H24BrN3O7S. The molecule has 0 bridgehead atoms. The molecule has 202 valence electrons. The number of methoxy groups -OCH3 is 3.